The Balaban J connectivity index is 1.28. The van der Waals surface area contributed by atoms with Gasteiger partial charge in [-0.3, -0.25) is 9.10 Å². The summed E-state index contributed by atoms with van der Waals surface area (Å²) < 4.78 is 33.8. The van der Waals surface area contributed by atoms with E-state index in [2.05, 4.69) is 0 Å². The number of amides is 1. The Morgan fingerprint density at radius 3 is 2.36 bits per heavy atom. The van der Waals surface area contributed by atoms with E-state index in [-0.39, 0.29) is 23.5 Å². The van der Waals surface area contributed by atoms with E-state index in [1.54, 1.807) is 29.2 Å². The van der Waals surface area contributed by atoms with Crippen LogP contribution in [-0.4, -0.2) is 33.5 Å². The van der Waals surface area contributed by atoms with Crippen LogP contribution in [0.5, 0.6) is 5.75 Å². The monoisotopic (exact) mass is 462 g/mol. The number of carbonyl (C=O) groups excluding carboxylic acids is 1. The molecule has 0 aliphatic carbocycles. The maximum atomic E-state index is 13.3. The first-order valence-corrected chi connectivity index (χ1v) is 12.6. The molecule has 170 valence electrons. The van der Waals surface area contributed by atoms with Crippen molar-refractivity contribution in [1.82, 2.24) is 0 Å². The molecule has 1 atom stereocenters. The van der Waals surface area contributed by atoms with Crippen molar-refractivity contribution >= 4 is 27.3 Å². The fraction of sp³-hybridized carbons (Fsp3) is 0.269. The Morgan fingerprint density at radius 1 is 0.939 bits per heavy atom. The van der Waals surface area contributed by atoms with Gasteiger partial charge >= 0.3 is 0 Å². The second-order valence-corrected chi connectivity index (χ2v) is 10.4. The van der Waals surface area contributed by atoms with E-state index in [1.165, 1.54) is 4.31 Å². The molecule has 5 rings (SSSR count). The summed E-state index contributed by atoms with van der Waals surface area (Å²) in [6, 6.07) is 21.9. The Morgan fingerprint density at radius 2 is 1.61 bits per heavy atom. The smallest absolute Gasteiger partial charge is 0.265 e. The van der Waals surface area contributed by atoms with Gasteiger partial charge in [0.2, 0.25) is 0 Å². The van der Waals surface area contributed by atoms with Crippen LogP contribution < -0.4 is 13.9 Å². The fourth-order valence-corrected chi connectivity index (χ4v) is 6.29. The highest BCUT2D eigenvalue weighted by Gasteiger charge is 2.31. The molecule has 0 bridgehead atoms. The molecule has 3 aromatic carbocycles. The van der Waals surface area contributed by atoms with Crippen molar-refractivity contribution in [1.29, 1.82) is 0 Å². The maximum Gasteiger partial charge on any atom is 0.265 e. The third kappa shape index (κ3) is 3.97. The van der Waals surface area contributed by atoms with Gasteiger partial charge in [-0.25, -0.2) is 8.42 Å². The van der Waals surface area contributed by atoms with Gasteiger partial charge in [-0.1, -0.05) is 36.4 Å². The highest BCUT2D eigenvalue weighted by Crippen LogP contribution is 2.33. The van der Waals surface area contributed by atoms with Crippen molar-refractivity contribution in [2.45, 2.75) is 37.1 Å². The van der Waals surface area contributed by atoms with Crippen molar-refractivity contribution in [3.63, 3.8) is 0 Å². The van der Waals surface area contributed by atoms with Gasteiger partial charge in [0.15, 0.2) is 6.61 Å². The molecule has 3 aromatic rings. The van der Waals surface area contributed by atoms with Crippen molar-refractivity contribution < 1.29 is 17.9 Å². The van der Waals surface area contributed by atoms with Crippen LogP contribution in [0.4, 0.5) is 11.4 Å². The topological polar surface area (TPSA) is 66.9 Å². The highest BCUT2D eigenvalue weighted by atomic mass is 32.2. The number of benzene rings is 3. The summed E-state index contributed by atoms with van der Waals surface area (Å²) in [4.78, 5) is 14.8. The number of para-hydroxylation sites is 2. The molecule has 0 aromatic heterocycles. The lowest BCUT2D eigenvalue weighted by molar-refractivity contribution is -0.120. The number of rotatable bonds is 5. The van der Waals surface area contributed by atoms with Crippen molar-refractivity contribution in [3.05, 3.63) is 83.9 Å². The quantitative estimate of drug-likeness (QED) is 0.570. The van der Waals surface area contributed by atoms with Gasteiger partial charge in [-0.15, -0.1) is 0 Å². The summed E-state index contributed by atoms with van der Waals surface area (Å²) in [5.74, 6) is 0.343. The van der Waals surface area contributed by atoms with Crippen LogP contribution in [-0.2, 0) is 27.7 Å². The van der Waals surface area contributed by atoms with E-state index in [9.17, 15) is 13.2 Å². The van der Waals surface area contributed by atoms with Gasteiger partial charge in [0.05, 0.1) is 10.6 Å². The number of hydrogen-bond acceptors (Lipinski definition) is 4. The molecule has 2 aliphatic heterocycles. The first-order valence-electron chi connectivity index (χ1n) is 11.2. The Labute approximate surface area is 194 Å². The Hall–Kier alpha value is -3.32. The van der Waals surface area contributed by atoms with Gasteiger partial charge in [-0.2, -0.15) is 0 Å². The number of anilines is 2. The molecule has 0 spiro atoms. The standard InChI is InChI=1S/C26H26N2O4S/c1-19-17-21-8-3-5-11-25(21)28(19)26(29)18-32-22-12-14-23(15-13-22)33(30,31)27-16-6-9-20-7-2-4-10-24(20)27/h2-5,7-8,10-15,19H,6,9,16-18H2,1H3/t19-/m0/s1. The number of carbonyl (C=O) groups is 1. The second-order valence-electron chi connectivity index (χ2n) is 8.52. The maximum absolute atomic E-state index is 13.3. The van der Waals surface area contributed by atoms with Gasteiger partial charge in [0.25, 0.3) is 15.9 Å². The van der Waals surface area contributed by atoms with E-state index in [0.29, 0.717) is 12.3 Å². The van der Waals surface area contributed by atoms with Crippen LogP contribution in [0.1, 0.15) is 24.5 Å². The first kappa shape index (κ1) is 21.5. The molecule has 2 aliphatic rings. The minimum atomic E-state index is -3.67. The highest BCUT2D eigenvalue weighted by molar-refractivity contribution is 7.92. The molecule has 0 unspecified atom stereocenters. The average Bonchev–Trinajstić information content (AvgIpc) is 3.18. The van der Waals surface area contributed by atoms with Crippen molar-refractivity contribution in [2.24, 2.45) is 0 Å². The summed E-state index contributed by atoms with van der Waals surface area (Å²) in [7, 11) is -3.67. The van der Waals surface area contributed by atoms with Crippen LogP contribution >= 0.6 is 0 Å². The van der Waals surface area contributed by atoms with Gasteiger partial charge in [0.1, 0.15) is 5.75 Å². The van der Waals surface area contributed by atoms with Crippen LogP contribution in [0.25, 0.3) is 0 Å². The normalized spacial score (nSPS) is 17.4. The second kappa shape index (κ2) is 8.56. The van der Waals surface area contributed by atoms with E-state index in [4.69, 9.17) is 4.74 Å². The molecule has 1 amide bonds. The predicted molar refractivity (Wildman–Crippen MR) is 128 cm³/mol. The lowest BCUT2D eigenvalue weighted by Crippen LogP contribution is -2.39. The molecule has 0 N–H and O–H groups in total. The van der Waals surface area contributed by atoms with Crippen LogP contribution in [0.2, 0.25) is 0 Å². The molecule has 0 saturated carbocycles. The molecule has 33 heavy (non-hydrogen) atoms. The predicted octanol–water partition coefficient (Wildman–Crippen LogP) is 4.18. The molecular weight excluding hydrogens is 436 g/mol. The fourth-order valence-electron chi connectivity index (χ4n) is 4.74. The molecular formula is C26H26N2O4S. The van der Waals surface area contributed by atoms with Crippen molar-refractivity contribution in [2.75, 3.05) is 22.4 Å². The number of ether oxygens (including phenoxy) is 1. The molecule has 6 nitrogen and oxygen atoms in total. The third-order valence-corrected chi connectivity index (χ3v) is 8.15. The van der Waals surface area contributed by atoms with E-state index in [0.717, 1.165) is 41.8 Å². The summed E-state index contributed by atoms with van der Waals surface area (Å²) >= 11 is 0. The molecule has 0 fully saturated rings. The lowest BCUT2D eigenvalue weighted by atomic mass is 10.0. The van der Waals surface area contributed by atoms with Gasteiger partial charge < -0.3 is 9.64 Å². The van der Waals surface area contributed by atoms with Gasteiger partial charge in [-0.05, 0) is 73.7 Å². The summed E-state index contributed by atoms with van der Waals surface area (Å²) in [6.45, 7) is 2.38. The molecule has 0 saturated heterocycles. The SMILES string of the molecule is C[C@H]1Cc2ccccc2N1C(=O)COc1ccc(S(=O)(=O)N2CCCc3ccccc32)cc1. The summed E-state index contributed by atoms with van der Waals surface area (Å²) in [6.07, 6.45) is 2.49. The third-order valence-electron chi connectivity index (χ3n) is 6.32. The summed E-state index contributed by atoms with van der Waals surface area (Å²) in [5, 5.41) is 0. The van der Waals surface area contributed by atoms with Crippen LogP contribution in [0.15, 0.2) is 77.7 Å². The zero-order chi connectivity index (χ0) is 23.0. The number of hydrogen-bond donors (Lipinski definition) is 0. The van der Waals surface area contributed by atoms with E-state index < -0.39 is 10.0 Å². The number of sulfonamides is 1. The zero-order valence-corrected chi connectivity index (χ0v) is 19.3. The lowest BCUT2D eigenvalue weighted by Gasteiger charge is -2.30. The molecule has 7 heteroatoms. The van der Waals surface area contributed by atoms with E-state index in [1.807, 2.05) is 55.5 Å². The molecule has 0 radical (unpaired) electrons. The van der Waals surface area contributed by atoms with E-state index >= 15 is 0 Å². The minimum Gasteiger partial charge on any atom is -0.484 e. The Kier molecular flexibility index (Phi) is 5.58. The average molecular weight is 463 g/mol. The summed E-state index contributed by atoms with van der Waals surface area (Å²) in [5.41, 5.74) is 3.88. The zero-order valence-electron chi connectivity index (χ0n) is 18.5. The first-order chi connectivity index (χ1) is 15.9. The van der Waals surface area contributed by atoms with Crippen LogP contribution in [0, 0.1) is 0 Å². The minimum absolute atomic E-state index is 0.0819. The van der Waals surface area contributed by atoms with Crippen molar-refractivity contribution in [3.8, 4) is 5.75 Å². The Bertz CT molecular complexity index is 1290. The number of aryl methyl sites for hydroxylation is 1. The van der Waals surface area contributed by atoms with Gasteiger partial charge in [0, 0.05) is 18.3 Å². The van der Waals surface area contributed by atoms with Crippen LogP contribution in [0.3, 0.4) is 0 Å². The largest absolute Gasteiger partial charge is 0.484 e. The molecule has 2 heterocycles. The number of nitrogens with zero attached hydrogens (tertiary/aromatic N) is 2. The number of fused-ring (bicyclic) bond motifs is 2.